The summed E-state index contributed by atoms with van der Waals surface area (Å²) in [6.45, 7) is 1.38. The second kappa shape index (κ2) is 10.1. The summed E-state index contributed by atoms with van der Waals surface area (Å²) >= 11 is 7.31. The summed E-state index contributed by atoms with van der Waals surface area (Å²) in [5.41, 5.74) is 5.66. The Morgan fingerprint density at radius 1 is 1.41 bits per heavy atom. The van der Waals surface area contributed by atoms with Crippen molar-refractivity contribution in [3.05, 3.63) is 28.2 Å². The van der Waals surface area contributed by atoms with E-state index in [-0.39, 0.29) is 42.4 Å². The van der Waals surface area contributed by atoms with Gasteiger partial charge in [-0.1, -0.05) is 16.8 Å². The van der Waals surface area contributed by atoms with Gasteiger partial charge < -0.3 is 20.5 Å². The van der Waals surface area contributed by atoms with Crippen LogP contribution in [0.5, 0.6) is 0 Å². The first-order valence-electron chi connectivity index (χ1n) is 8.58. The van der Waals surface area contributed by atoms with Gasteiger partial charge in [-0.15, -0.1) is 23.7 Å². The summed E-state index contributed by atoms with van der Waals surface area (Å²) in [5, 5.41) is 6.78. The van der Waals surface area contributed by atoms with Gasteiger partial charge in [0.05, 0.1) is 9.21 Å². The number of nitrogens with zero attached hydrogens (tertiary/aromatic N) is 2. The Balaban J connectivity index is 0.00000261. The third kappa shape index (κ3) is 5.44. The number of likely N-dealkylation sites (tertiary alicyclic amines) is 1. The highest BCUT2D eigenvalue weighted by Gasteiger charge is 2.29. The third-order valence-electron chi connectivity index (χ3n) is 4.34. The average Bonchev–Trinajstić information content (AvgIpc) is 3.29. The molecule has 1 aliphatic rings. The Kier molecular flexibility index (Phi) is 8.09. The van der Waals surface area contributed by atoms with Crippen molar-refractivity contribution in [3.63, 3.8) is 0 Å². The van der Waals surface area contributed by atoms with Crippen molar-refractivity contribution in [1.82, 2.24) is 15.4 Å². The van der Waals surface area contributed by atoms with E-state index < -0.39 is 0 Å². The molecular weight excluding hydrogens is 411 g/mol. The predicted octanol–water partition coefficient (Wildman–Crippen LogP) is 2.94. The van der Waals surface area contributed by atoms with Crippen LogP contribution < -0.4 is 11.1 Å². The number of carbonyl (C=O) groups excluding carboxylic acids is 2. The molecule has 2 aromatic heterocycles. The van der Waals surface area contributed by atoms with Crippen molar-refractivity contribution in [1.29, 1.82) is 0 Å². The van der Waals surface area contributed by atoms with Crippen molar-refractivity contribution in [2.75, 3.05) is 19.6 Å². The molecule has 0 aromatic carbocycles. The number of hydrogen-bond donors (Lipinski definition) is 2. The van der Waals surface area contributed by atoms with Crippen LogP contribution in [0.15, 0.2) is 22.7 Å². The zero-order valence-corrected chi connectivity index (χ0v) is 17.0. The summed E-state index contributed by atoms with van der Waals surface area (Å²) < 4.78 is 5.96. The molecule has 2 amide bonds. The minimum Gasteiger partial charge on any atom is -0.355 e. The number of nitrogens with one attached hydrogen (secondary N) is 1. The maximum Gasteiger partial charge on any atom is 0.276 e. The summed E-state index contributed by atoms with van der Waals surface area (Å²) in [7, 11) is 0. The first-order valence-corrected chi connectivity index (χ1v) is 9.78. The van der Waals surface area contributed by atoms with E-state index in [1.807, 2.05) is 6.07 Å². The van der Waals surface area contributed by atoms with Crippen LogP contribution in [-0.4, -0.2) is 47.5 Å². The van der Waals surface area contributed by atoms with E-state index in [2.05, 4.69) is 10.5 Å². The van der Waals surface area contributed by atoms with E-state index in [0.29, 0.717) is 29.7 Å². The normalized spacial score (nSPS) is 16.7. The molecule has 0 aliphatic carbocycles. The minimum absolute atomic E-state index is 0. The quantitative estimate of drug-likeness (QED) is 0.730. The molecule has 3 rings (SSSR count). The molecule has 7 nitrogen and oxygen atoms in total. The highest BCUT2D eigenvalue weighted by molar-refractivity contribution is 7.19. The highest BCUT2D eigenvalue weighted by atomic mass is 35.5. The molecule has 1 aliphatic heterocycles. The fourth-order valence-corrected chi connectivity index (χ4v) is 4.01. The van der Waals surface area contributed by atoms with Crippen molar-refractivity contribution >= 4 is 47.2 Å². The average molecular weight is 433 g/mol. The molecule has 0 saturated carbocycles. The van der Waals surface area contributed by atoms with Crippen molar-refractivity contribution in [2.24, 2.45) is 5.73 Å². The van der Waals surface area contributed by atoms with Crippen LogP contribution >= 0.6 is 35.3 Å². The molecule has 148 valence electrons. The van der Waals surface area contributed by atoms with Crippen LogP contribution in [0.1, 0.15) is 36.2 Å². The van der Waals surface area contributed by atoms with E-state index in [1.54, 1.807) is 17.0 Å². The molecular formula is C17H22Cl2N4O3S. The molecule has 1 atom stereocenters. The maximum atomic E-state index is 12.9. The van der Waals surface area contributed by atoms with Crippen molar-refractivity contribution in [3.8, 4) is 10.6 Å². The van der Waals surface area contributed by atoms with Gasteiger partial charge in [-0.3, -0.25) is 9.59 Å². The lowest BCUT2D eigenvalue weighted by Gasteiger charge is -2.35. The van der Waals surface area contributed by atoms with E-state index in [0.717, 1.165) is 24.1 Å². The van der Waals surface area contributed by atoms with Gasteiger partial charge in [0.1, 0.15) is 0 Å². The van der Waals surface area contributed by atoms with Gasteiger partial charge in [0.15, 0.2) is 11.5 Å². The van der Waals surface area contributed by atoms with Gasteiger partial charge in [0.25, 0.3) is 5.91 Å². The molecule has 10 heteroatoms. The topological polar surface area (TPSA) is 101 Å². The highest BCUT2D eigenvalue weighted by Crippen LogP contribution is 2.31. The Morgan fingerprint density at radius 3 is 2.93 bits per heavy atom. The van der Waals surface area contributed by atoms with Crippen LogP contribution in [0.25, 0.3) is 10.6 Å². The number of hydrogen-bond acceptors (Lipinski definition) is 6. The second-order valence-corrected chi connectivity index (χ2v) is 7.89. The number of piperidine rings is 1. The smallest absolute Gasteiger partial charge is 0.276 e. The van der Waals surface area contributed by atoms with Crippen LogP contribution in [-0.2, 0) is 4.79 Å². The molecule has 27 heavy (non-hydrogen) atoms. The van der Waals surface area contributed by atoms with Crippen LogP contribution in [0.3, 0.4) is 0 Å². The Morgan fingerprint density at radius 2 is 2.22 bits per heavy atom. The Labute approximate surface area is 172 Å². The molecule has 1 saturated heterocycles. The first-order chi connectivity index (χ1) is 12.6. The number of halogens is 2. The number of thiophene rings is 1. The van der Waals surface area contributed by atoms with E-state index in [4.69, 9.17) is 21.9 Å². The van der Waals surface area contributed by atoms with E-state index in [1.165, 1.54) is 11.3 Å². The molecule has 3 heterocycles. The number of rotatable bonds is 6. The van der Waals surface area contributed by atoms with E-state index in [9.17, 15) is 9.59 Å². The van der Waals surface area contributed by atoms with Crippen LogP contribution in [0, 0.1) is 0 Å². The molecule has 0 radical (unpaired) electrons. The second-order valence-electron chi connectivity index (χ2n) is 6.17. The van der Waals surface area contributed by atoms with Gasteiger partial charge in [0, 0.05) is 38.2 Å². The molecule has 0 spiro atoms. The van der Waals surface area contributed by atoms with Gasteiger partial charge in [-0.25, -0.2) is 0 Å². The number of nitrogens with two attached hydrogens (primary N) is 1. The number of aromatic nitrogens is 1. The minimum atomic E-state index is -0.180. The van der Waals surface area contributed by atoms with Gasteiger partial charge in [-0.05, 0) is 31.4 Å². The Hall–Kier alpha value is -1.61. The zero-order valence-electron chi connectivity index (χ0n) is 14.7. The van der Waals surface area contributed by atoms with E-state index >= 15 is 0 Å². The lowest BCUT2D eigenvalue weighted by Crippen LogP contribution is -2.49. The summed E-state index contributed by atoms with van der Waals surface area (Å²) in [4.78, 5) is 27.1. The van der Waals surface area contributed by atoms with Gasteiger partial charge in [0.2, 0.25) is 5.91 Å². The van der Waals surface area contributed by atoms with Crippen LogP contribution in [0.4, 0.5) is 0 Å². The molecule has 2 aromatic rings. The fraction of sp³-hybridized carbons (Fsp3) is 0.471. The largest absolute Gasteiger partial charge is 0.355 e. The van der Waals surface area contributed by atoms with Crippen LogP contribution in [0.2, 0.25) is 4.34 Å². The third-order valence-corrected chi connectivity index (χ3v) is 5.59. The maximum absolute atomic E-state index is 12.9. The number of carbonyl (C=O) groups is 2. The lowest BCUT2D eigenvalue weighted by molar-refractivity contribution is -0.121. The first kappa shape index (κ1) is 21.7. The predicted molar refractivity (Wildman–Crippen MR) is 107 cm³/mol. The summed E-state index contributed by atoms with van der Waals surface area (Å²) in [5.74, 6) is 0.249. The SMILES string of the molecule is Cl.NCCC(=O)NCC1CCCCN1C(=O)c1cc(-c2ccc(Cl)s2)on1. The van der Waals surface area contributed by atoms with Gasteiger partial charge >= 0.3 is 0 Å². The van der Waals surface area contributed by atoms with Crippen molar-refractivity contribution < 1.29 is 14.1 Å². The molecule has 3 N–H and O–H groups in total. The summed E-state index contributed by atoms with van der Waals surface area (Å²) in [6.07, 6.45) is 3.10. The molecule has 1 unspecified atom stereocenters. The monoisotopic (exact) mass is 432 g/mol. The lowest BCUT2D eigenvalue weighted by atomic mass is 10.0. The van der Waals surface area contributed by atoms with Gasteiger partial charge in [-0.2, -0.15) is 0 Å². The zero-order chi connectivity index (χ0) is 18.5. The number of amides is 2. The summed E-state index contributed by atoms with van der Waals surface area (Å²) in [6, 6.07) is 5.20. The Bertz CT molecular complexity index is 780. The molecule has 1 fully saturated rings. The van der Waals surface area contributed by atoms with Crippen molar-refractivity contribution in [2.45, 2.75) is 31.7 Å². The fourth-order valence-electron chi connectivity index (χ4n) is 3.02. The molecule has 0 bridgehead atoms. The standard InChI is InChI=1S/C17H21ClN4O3S.ClH/c18-15-5-4-14(26-15)13-9-12(21-25-13)17(24)22-8-2-1-3-11(22)10-20-16(23)6-7-19;/h4-5,9,11H,1-3,6-8,10,19H2,(H,20,23);1H.